The third kappa shape index (κ3) is 4.41. The van der Waals surface area contributed by atoms with E-state index in [0.29, 0.717) is 5.56 Å². The van der Waals surface area contributed by atoms with Gasteiger partial charge in [0, 0.05) is 5.56 Å². The first kappa shape index (κ1) is 15.7. The van der Waals surface area contributed by atoms with E-state index in [4.69, 9.17) is 10.1 Å². The van der Waals surface area contributed by atoms with E-state index < -0.39 is 6.36 Å². The molecule has 0 bridgehead atoms. The van der Waals surface area contributed by atoms with Crippen molar-refractivity contribution < 1.29 is 27.8 Å². The Morgan fingerprint density at radius 3 is 2.18 bits per heavy atom. The molecule has 116 valence electrons. The summed E-state index contributed by atoms with van der Waals surface area (Å²) in [4.78, 5) is 0. The molecular formula is C15H12F3NO3. The summed E-state index contributed by atoms with van der Waals surface area (Å²) in [5.41, 5.74) is 0.383. The van der Waals surface area contributed by atoms with Crippen molar-refractivity contribution >= 4 is 5.71 Å². The van der Waals surface area contributed by atoms with Gasteiger partial charge in [-0.25, -0.2) is 0 Å². The summed E-state index contributed by atoms with van der Waals surface area (Å²) in [6.45, 7) is -0.128. The van der Waals surface area contributed by atoms with Crippen molar-refractivity contribution in [3.8, 4) is 17.2 Å². The molecule has 0 aliphatic rings. The van der Waals surface area contributed by atoms with Crippen LogP contribution in [-0.2, 0) is 0 Å². The molecule has 0 aliphatic heterocycles. The molecule has 0 aromatic heterocycles. The van der Waals surface area contributed by atoms with E-state index >= 15 is 0 Å². The van der Waals surface area contributed by atoms with E-state index in [9.17, 15) is 18.3 Å². The highest BCUT2D eigenvalue weighted by molar-refractivity contribution is 6.01. The smallest absolute Gasteiger partial charge is 0.507 e. The van der Waals surface area contributed by atoms with Crippen molar-refractivity contribution in [2.75, 3.05) is 6.61 Å². The number of alkyl halides is 3. The quantitative estimate of drug-likeness (QED) is 0.827. The highest BCUT2D eigenvalue weighted by Gasteiger charge is 2.30. The predicted molar refractivity (Wildman–Crippen MR) is 73.6 cm³/mol. The fraction of sp³-hybridized carbons (Fsp3) is 0.133. The molecule has 0 unspecified atom stereocenters. The molecule has 0 amide bonds. The minimum Gasteiger partial charge on any atom is -0.507 e. The van der Waals surface area contributed by atoms with Crippen LogP contribution in [-0.4, -0.2) is 23.8 Å². The topological polar surface area (TPSA) is 62.5 Å². The molecular weight excluding hydrogens is 299 g/mol. The second-order valence-electron chi connectivity index (χ2n) is 4.30. The standard InChI is InChI=1S/C15H12F3NO3/c16-15(17,18)22-11-7-5-10(6-8-11)21-9-13(19)12-3-1-2-4-14(12)20/h1-8,19-20H,9H2. The minimum absolute atomic E-state index is 0.0370. The van der Waals surface area contributed by atoms with Gasteiger partial charge in [0.2, 0.25) is 0 Å². The fourth-order valence-electron chi connectivity index (χ4n) is 1.70. The van der Waals surface area contributed by atoms with Crippen LogP contribution >= 0.6 is 0 Å². The van der Waals surface area contributed by atoms with Crippen LogP contribution in [0.4, 0.5) is 13.2 Å². The summed E-state index contributed by atoms with van der Waals surface area (Å²) in [6.07, 6.45) is -4.74. The Balaban J connectivity index is 1.95. The Morgan fingerprint density at radius 2 is 1.59 bits per heavy atom. The van der Waals surface area contributed by atoms with Gasteiger partial charge >= 0.3 is 6.36 Å². The molecule has 0 radical (unpaired) electrons. The van der Waals surface area contributed by atoms with Gasteiger partial charge in [-0.15, -0.1) is 13.2 Å². The van der Waals surface area contributed by atoms with Crippen molar-refractivity contribution in [2.45, 2.75) is 6.36 Å². The first-order valence-corrected chi connectivity index (χ1v) is 6.19. The summed E-state index contributed by atoms with van der Waals surface area (Å²) in [5, 5.41) is 17.4. The number of ether oxygens (including phenoxy) is 2. The number of aromatic hydroxyl groups is 1. The lowest BCUT2D eigenvalue weighted by Gasteiger charge is -2.11. The average Bonchev–Trinajstić information content (AvgIpc) is 2.45. The predicted octanol–water partition coefficient (Wildman–Crippen LogP) is 3.74. The van der Waals surface area contributed by atoms with Gasteiger partial charge in [0.1, 0.15) is 23.9 Å². The first-order valence-electron chi connectivity index (χ1n) is 6.19. The second kappa shape index (κ2) is 6.38. The Morgan fingerprint density at radius 1 is 1.00 bits per heavy atom. The molecule has 0 atom stereocenters. The van der Waals surface area contributed by atoms with E-state index in [1.165, 1.54) is 18.2 Å². The minimum atomic E-state index is -4.74. The van der Waals surface area contributed by atoms with E-state index in [2.05, 4.69) is 4.74 Å². The van der Waals surface area contributed by atoms with E-state index in [-0.39, 0.29) is 29.6 Å². The third-order valence-electron chi connectivity index (χ3n) is 2.67. The molecule has 4 nitrogen and oxygen atoms in total. The van der Waals surface area contributed by atoms with Gasteiger partial charge in [-0.3, -0.25) is 0 Å². The van der Waals surface area contributed by atoms with Crippen LogP contribution in [0.3, 0.4) is 0 Å². The van der Waals surface area contributed by atoms with Crippen molar-refractivity contribution in [2.24, 2.45) is 0 Å². The molecule has 22 heavy (non-hydrogen) atoms. The lowest BCUT2D eigenvalue weighted by atomic mass is 10.1. The molecule has 0 saturated heterocycles. The monoisotopic (exact) mass is 311 g/mol. The van der Waals surface area contributed by atoms with Gasteiger partial charge < -0.3 is 20.0 Å². The molecule has 2 aromatic rings. The van der Waals surface area contributed by atoms with Gasteiger partial charge in [0.05, 0.1) is 5.71 Å². The molecule has 7 heteroatoms. The van der Waals surface area contributed by atoms with E-state index in [1.54, 1.807) is 18.2 Å². The van der Waals surface area contributed by atoms with E-state index in [0.717, 1.165) is 12.1 Å². The number of benzene rings is 2. The zero-order valence-corrected chi connectivity index (χ0v) is 11.2. The molecule has 0 fully saturated rings. The van der Waals surface area contributed by atoms with Crippen molar-refractivity contribution in [1.82, 2.24) is 0 Å². The molecule has 0 heterocycles. The number of halogens is 3. The van der Waals surface area contributed by atoms with Crippen LogP contribution in [0.1, 0.15) is 5.56 Å². The van der Waals surface area contributed by atoms with Gasteiger partial charge in [-0.05, 0) is 36.4 Å². The molecule has 0 spiro atoms. The highest BCUT2D eigenvalue weighted by Crippen LogP contribution is 2.25. The number of phenolic OH excluding ortho intramolecular Hbond substituents is 1. The molecule has 2 aromatic carbocycles. The Labute approximate surface area is 124 Å². The molecule has 0 aliphatic carbocycles. The number of rotatable bonds is 5. The van der Waals surface area contributed by atoms with Crippen LogP contribution in [0.2, 0.25) is 0 Å². The number of phenols is 1. The molecule has 0 saturated carbocycles. The van der Waals surface area contributed by atoms with Gasteiger partial charge in [-0.1, -0.05) is 12.1 Å². The maximum absolute atomic E-state index is 12.0. The maximum Gasteiger partial charge on any atom is 0.573 e. The Bertz CT molecular complexity index is 654. The van der Waals surface area contributed by atoms with Gasteiger partial charge in [-0.2, -0.15) is 0 Å². The Kier molecular flexibility index (Phi) is 4.55. The summed E-state index contributed by atoms with van der Waals surface area (Å²) in [7, 11) is 0. The summed E-state index contributed by atoms with van der Waals surface area (Å²) in [6, 6.07) is 11.2. The van der Waals surface area contributed by atoms with Crippen molar-refractivity contribution in [3.05, 3.63) is 54.1 Å². The average molecular weight is 311 g/mol. The normalized spacial score (nSPS) is 11.0. The van der Waals surface area contributed by atoms with E-state index in [1.807, 2.05) is 0 Å². The SMILES string of the molecule is N=C(COc1ccc(OC(F)(F)F)cc1)c1ccccc1O. The number of para-hydroxylation sites is 1. The largest absolute Gasteiger partial charge is 0.573 e. The van der Waals surface area contributed by atoms with Crippen LogP contribution in [0.25, 0.3) is 0 Å². The molecule has 2 rings (SSSR count). The molecule has 2 N–H and O–H groups in total. The van der Waals surface area contributed by atoms with Crippen LogP contribution in [0.5, 0.6) is 17.2 Å². The maximum atomic E-state index is 12.0. The second-order valence-corrected chi connectivity index (χ2v) is 4.30. The first-order chi connectivity index (χ1) is 10.3. The lowest BCUT2D eigenvalue weighted by molar-refractivity contribution is -0.274. The van der Waals surface area contributed by atoms with Gasteiger partial charge in [0.25, 0.3) is 0 Å². The summed E-state index contributed by atoms with van der Waals surface area (Å²) >= 11 is 0. The highest BCUT2D eigenvalue weighted by atomic mass is 19.4. The Hall–Kier alpha value is -2.70. The van der Waals surface area contributed by atoms with Crippen LogP contribution in [0.15, 0.2) is 48.5 Å². The number of nitrogens with one attached hydrogen (secondary N) is 1. The van der Waals surface area contributed by atoms with Gasteiger partial charge in [0.15, 0.2) is 0 Å². The van der Waals surface area contributed by atoms with Crippen molar-refractivity contribution in [1.29, 1.82) is 5.41 Å². The zero-order valence-electron chi connectivity index (χ0n) is 11.2. The van der Waals surface area contributed by atoms with Crippen LogP contribution < -0.4 is 9.47 Å². The lowest BCUT2D eigenvalue weighted by Crippen LogP contribution is -2.17. The zero-order chi connectivity index (χ0) is 16.2. The third-order valence-corrected chi connectivity index (χ3v) is 2.67. The van der Waals surface area contributed by atoms with Crippen LogP contribution in [0, 0.1) is 5.41 Å². The summed E-state index contributed by atoms with van der Waals surface area (Å²) < 4.78 is 45.1. The summed E-state index contributed by atoms with van der Waals surface area (Å²) in [5.74, 6) is -0.102. The fourth-order valence-corrected chi connectivity index (χ4v) is 1.70. The number of hydrogen-bond donors (Lipinski definition) is 2. The van der Waals surface area contributed by atoms with Crippen molar-refractivity contribution in [3.63, 3.8) is 0 Å². The number of hydrogen-bond acceptors (Lipinski definition) is 4.